The summed E-state index contributed by atoms with van der Waals surface area (Å²) in [6.07, 6.45) is 2.38. The Balaban J connectivity index is 1.74. The highest BCUT2D eigenvalue weighted by Gasteiger charge is 2.26. The van der Waals surface area contributed by atoms with Crippen molar-refractivity contribution in [1.29, 1.82) is 0 Å². The number of hydrogen-bond donors (Lipinski definition) is 1. The van der Waals surface area contributed by atoms with Crippen molar-refractivity contribution in [2.75, 3.05) is 11.9 Å². The largest absolute Gasteiger partial charge is 0.372 e. The number of alkyl halides is 2. The van der Waals surface area contributed by atoms with E-state index in [2.05, 4.69) is 15.4 Å². The molecule has 1 fully saturated rings. The van der Waals surface area contributed by atoms with Crippen LogP contribution in [0.25, 0.3) is 5.52 Å². The molecule has 3 aromatic heterocycles. The molecule has 0 radical (unpaired) electrons. The normalized spacial score (nSPS) is 17.9. The van der Waals surface area contributed by atoms with E-state index < -0.39 is 6.43 Å². The molecule has 0 amide bonds. The first-order valence-electron chi connectivity index (χ1n) is 8.94. The second kappa shape index (κ2) is 6.56. The van der Waals surface area contributed by atoms with Crippen LogP contribution in [-0.2, 0) is 10.3 Å². The molecule has 0 aromatic carbocycles. The fourth-order valence-electron chi connectivity index (χ4n) is 3.23. The minimum absolute atomic E-state index is 0.0155. The van der Waals surface area contributed by atoms with Gasteiger partial charge in [0.1, 0.15) is 23.1 Å². The van der Waals surface area contributed by atoms with E-state index in [0.717, 1.165) is 31.0 Å². The number of aromatic nitrogens is 5. The van der Waals surface area contributed by atoms with E-state index >= 15 is 0 Å². The summed E-state index contributed by atoms with van der Waals surface area (Å²) in [7, 11) is 0. The summed E-state index contributed by atoms with van der Waals surface area (Å²) in [4.78, 5) is 4.32. The molecule has 1 aliphatic rings. The maximum Gasteiger partial charge on any atom is 0.282 e. The SMILES string of the molecule is CC(C)(C)n1nc(C2CCCO2)cc1Nc1nccn2nc(C(F)F)cc12. The minimum atomic E-state index is -2.64. The van der Waals surface area contributed by atoms with Crippen LogP contribution in [0.1, 0.15) is 57.5 Å². The number of nitrogens with one attached hydrogen (secondary N) is 1. The predicted molar refractivity (Wildman–Crippen MR) is 96.4 cm³/mol. The van der Waals surface area contributed by atoms with Crippen LogP contribution in [-0.4, -0.2) is 31.0 Å². The van der Waals surface area contributed by atoms with Gasteiger partial charge in [-0.15, -0.1) is 0 Å². The van der Waals surface area contributed by atoms with Crippen molar-refractivity contribution in [3.05, 3.63) is 35.9 Å². The molecule has 7 nitrogen and oxygen atoms in total. The molecule has 4 rings (SSSR count). The molecule has 1 saturated heterocycles. The molecule has 0 aliphatic carbocycles. The van der Waals surface area contributed by atoms with Gasteiger partial charge in [0.15, 0.2) is 5.82 Å². The third-order valence-corrected chi connectivity index (χ3v) is 4.50. The van der Waals surface area contributed by atoms with Gasteiger partial charge in [-0.2, -0.15) is 10.2 Å². The monoisotopic (exact) mass is 376 g/mol. The second-order valence-corrected chi connectivity index (χ2v) is 7.64. The summed E-state index contributed by atoms with van der Waals surface area (Å²) < 4.78 is 35.1. The van der Waals surface area contributed by atoms with Gasteiger partial charge in [-0.05, 0) is 39.7 Å². The molecule has 1 unspecified atom stereocenters. The van der Waals surface area contributed by atoms with Gasteiger partial charge >= 0.3 is 0 Å². The van der Waals surface area contributed by atoms with E-state index in [-0.39, 0.29) is 17.3 Å². The maximum atomic E-state index is 13.0. The molecule has 1 atom stereocenters. The molecule has 0 spiro atoms. The highest BCUT2D eigenvalue weighted by molar-refractivity contribution is 5.72. The Morgan fingerprint density at radius 1 is 1.26 bits per heavy atom. The zero-order valence-corrected chi connectivity index (χ0v) is 15.5. The van der Waals surface area contributed by atoms with Gasteiger partial charge in [0, 0.05) is 25.1 Å². The van der Waals surface area contributed by atoms with Gasteiger partial charge < -0.3 is 10.1 Å². The lowest BCUT2D eigenvalue weighted by molar-refractivity contribution is 0.107. The van der Waals surface area contributed by atoms with Crippen LogP contribution in [0.3, 0.4) is 0 Å². The van der Waals surface area contributed by atoms with Gasteiger partial charge in [0.05, 0.1) is 11.2 Å². The fraction of sp³-hybridized carbons (Fsp3) is 0.500. The lowest BCUT2D eigenvalue weighted by Crippen LogP contribution is -2.25. The molecule has 0 saturated carbocycles. The van der Waals surface area contributed by atoms with E-state index in [1.807, 2.05) is 31.5 Å². The Morgan fingerprint density at radius 2 is 2.07 bits per heavy atom. The van der Waals surface area contributed by atoms with Gasteiger partial charge in [-0.25, -0.2) is 23.0 Å². The van der Waals surface area contributed by atoms with Crippen molar-refractivity contribution < 1.29 is 13.5 Å². The molecular formula is C18H22F2N6O. The van der Waals surface area contributed by atoms with E-state index in [0.29, 0.717) is 11.3 Å². The standard InChI is InChI=1S/C18H22F2N6O/c1-18(2,3)26-15(10-11(24-26)14-5-4-8-27-14)22-17-13-9-12(16(19)20)23-25(13)7-6-21-17/h6-7,9-10,14,16H,4-5,8H2,1-3H3,(H,21,22). The van der Waals surface area contributed by atoms with Crippen molar-refractivity contribution >= 4 is 17.2 Å². The van der Waals surface area contributed by atoms with Crippen molar-refractivity contribution in [2.45, 2.75) is 51.7 Å². The van der Waals surface area contributed by atoms with Crippen molar-refractivity contribution in [1.82, 2.24) is 24.4 Å². The Bertz CT molecular complexity index is 953. The molecular weight excluding hydrogens is 354 g/mol. The van der Waals surface area contributed by atoms with Crippen molar-refractivity contribution in [3.63, 3.8) is 0 Å². The van der Waals surface area contributed by atoms with Gasteiger partial charge in [-0.3, -0.25) is 0 Å². The summed E-state index contributed by atoms with van der Waals surface area (Å²) in [5, 5.41) is 11.9. The molecule has 27 heavy (non-hydrogen) atoms. The Morgan fingerprint density at radius 3 is 2.74 bits per heavy atom. The Labute approximate surface area is 155 Å². The Kier molecular flexibility index (Phi) is 4.33. The van der Waals surface area contributed by atoms with Crippen LogP contribution in [0.4, 0.5) is 20.4 Å². The molecule has 9 heteroatoms. The third kappa shape index (κ3) is 3.39. The van der Waals surface area contributed by atoms with E-state index in [9.17, 15) is 8.78 Å². The van der Waals surface area contributed by atoms with E-state index in [4.69, 9.17) is 9.84 Å². The quantitative estimate of drug-likeness (QED) is 0.739. The molecule has 144 valence electrons. The first kappa shape index (κ1) is 17.8. The Hall–Kier alpha value is -2.55. The second-order valence-electron chi connectivity index (χ2n) is 7.64. The van der Waals surface area contributed by atoms with Crippen LogP contribution < -0.4 is 5.32 Å². The lowest BCUT2D eigenvalue weighted by Gasteiger charge is -2.22. The van der Waals surface area contributed by atoms with Crippen LogP contribution >= 0.6 is 0 Å². The van der Waals surface area contributed by atoms with Gasteiger partial charge in [0.2, 0.25) is 0 Å². The topological polar surface area (TPSA) is 69.3 Å². The van der Waals surface area contributed by atoms with Crippen LogP contribution in [0.15, 0.2) is 24.5 Å². The van der Waals surface area contributed by atoms with Gasteiger partial charge in [0.25, 0.3) is 6.43 Å². The summed E-state index contributed by atoms with van der Waals surface area (Å²) in [6, 6.07) is 3.29. The molecule has 1 aliphatic heterocycles. The summed E-state index contributed by atoms with van der Waals surface area (Å²) in [6.45, 7) is 6.88. The predicted octanol–water partition coefficient (Wildman–Crippen LogP) is 4.21. The van der Waals surface area contributed by atoms with Crippen LogP contribution in [0, 0.1) is 0 Å². The molecule has 4 heterocycles. The summed E-state index contributed by atoms with van der Waals surface area (Å²) in [5.74, 6) is 1.18. The number of anilines is 2. The number of rotatable bonds is 4. The van der Waals surface area contributed by atoms with Crippen molar-refractivity contribution in [2.24, 2.45) is 0 Å². The highest BCUT2D eigenvalue weighted by Crippen LogP contribution is 2.33. The minimum Gasteiger partial charge on any atom is -0.372 e. The number of hydrogen-bond acceptors (Lipinski definition) is 5. The maximum absolute atomic E-state index is 13.0. The average molecular weight is 376 g/mol. The lowest BCUT2D eigenvalue weighted by atomic mass is 10.1. The molecule has 1 N–H and O–H groups in total. The summed E-state index contributed by atoms with van der Waals surface area (Å²) in [5.41, 5.74) is 0.778. The van der Waals surface area contributed by atoms with Crippen LogP contribution in [0.2, 0.25) is 0 Å². The fourth-order valence-corrected chi connectivity index (χ4v) is 3.23. The molecule has 3 aromatic rings. The zero-order chi connectivity index (χ0) is 19.2. The van der Waals surface area contributed by atoms with E-state index in [1.165, 1.54) is 16.8 Å². The number of halogens is 2. The third-order valence-electron chi connectivity index (χ3n) is 4.50. The highest BCUT2D eigenvalue weighted by atomic mass is 19.3. The number of fused-ring (bicyclic) bond motifs is 1. The zero-order valence-electron chi connectivity index (χ0n) is 15.5. The average Bonchev–Trinajstić information content (AvgIpc) is 3.33. The van der Waals surface area contributed by atoms with Crippen LogP contribution in [0.5, 0.6) is 0 Å². The van der Waals surface area contributed by atoms with E-state index in [1.54, 1.807) is 6.20 Å². The molecule has 0 bridgehead atoms. The van der Waals surface area contributed by atoms with Gasteiger partial charge in [-0.1, -0.05) is 0 Å². The number of nitrogens with zero attached hydrogens (tertiary/aromatic N) is 5. The summed E-state index contributed by atoms with van der Waals surface area (Å²) >= 11 is 0. The smallest absolute Gasteiger partial charge is 0.282 e. The first-order valence-corrected chi connectivity index (χ1v) is 8.94. The number of ether oxygens (including phenoxy) is 1. The van der Waals surface area contributed by atoms with Crippen molar-refractivity contribution in [3.8, 4) is 0 Å². The first-order chi connectivity index (χ1) is 12.8.